The zero-order valence-electron chi connectivity index (χ0n) is 11.6. The van der Waals surface area contributed by atoms with Crippen LogP contribution >= 0.6 is 15.9 Å². The van der Waals surface area contributed by atoms with E-state index in [1.165, 1.54) is 0 Å². The van der Waals surface area contributed by atoms with Crippen molar-refractivity contribution in [1.29, 1.82) is 0 Å². The zero-order chi connectivity index (χ0) is 14.9. The quantitative estimate of drug-likeness (QED) is 0.712. The Bertz CT molecular complexity index is 765. The van der Waals surface area contributed by atoms with Crippen molar-refractivity contribution in [3.05, 3.63) is 53.0 Å². The van der Waals surface area contributed by atoms with Gasteiger partial charge in [0.2, 0.25) is 11.7 Å². The maximum absolute atomic E-state index is 5.51. The number of pyridine rings is 1. The van der Waals surface area contributed by atoms with Gasteiger partial charge in [0.25, 0.3) is 0 Å². The van der Waals surface area contributed by atoms with Gasteiger partial charge in [-0.1, -0.05) is 5.16 Å². The second kappa shape index (κ2) is 5.66. The third-order valence-electron chi connectivity index (χ3n) is 3.68. The number of hydrogen-bond donors (Lipinski definition) is 0. The Balaban J connectivity index is 1.38. The molecule has 1 saturated heterocycles. The molecule has 22 heavy (non-hydrogen) atoms. The van der Waals surface area contributed by atoms with E-state index in [9.17, 15) is 0 Å². The largest absolute Gasteiger partial charge is 0.453 e. The SMILES string of the molecule is Brc1ccc(CN2CC(c3nc(-c4cccnc4)no3)C2)o1. The van der Waals surface area contributed by atoms with Crippen LogP contribution in [0.15, 0.2) is 50.3 Å². The number of likely N-dealkylation sites (tertiary alicyclic amines) is 1. The van der Waals surface area contributed by atoms with Gasteiger partial charge in [-0.25, -0.2) is 0 Å². The summed E-state index contributed by atoms with van der Waals surface area (Å²) in [7, 11) is 0. The van der Waals surface area contributed by atoms with Crippen LogP contribution in [0.25, 0.3) is 11.4 Å². The smallest absolute Gasteiger partial charge is 0.232 e. The van der Waals surface area contributed by atoms with E-state index in [1.54, 1.807) is 12.4 Å². The Morgan fingerprint density at radius 1 is 1.27 bits per heavy atom. The molecule has 0 atom stereocenters. The van der Waals surface area contributed by atoms with Gasteiger partial charge in [-0.3, -0.25) is 9.88 Å². The first-order valence-electron chi connectivity index (χ1n) is 6.98. The van der Waals surface area contributed by atoms with Crippen LogP contribution in [-0.4, -0.2) is 33.1 Å². The first kappa shape index (κ1) is 13.7. The van der Waals surface area contributed by atoms with Gasteiger partial charge in [0, 0.05) is 31.0 Å². The van der Waals surface area contributed by atoms with Gasteiger partial charge in [-0.2, -0.15) is 4.98 Å². The molecule has 1 fully saturated rings. The maximum atomic E-state index is 5.51. The Morgan fingerprint density at radius 2 is 2.18 bits per heavy atom. The normalized spacial score (nSPS) is 15.9. The van der Waals surface area contributed by atoms with Crippen molar-refractivity contribution >= 4 is 15.9 Å². The van der Waals surface area contributed by atoms with Crippen molar-refractivity contribution in [3.8, 4) is 11.4 Å². The second-order valence-corrected chi connectivity index (χ2v) is 6.08. The average Bonchev–Trinajstić information content (AvgIpc) is 3.12. The van der Waals surface area contributed by atoms with Crippen LogP contribution in [0.1, 0.15) is 17.6 Å². The summed E-state index contributed by atoms with van der Waals surface area (Å²) in [5.74, 6) is 2.52. The predicted octanol–water partition coefficient (Wildman–Crippen LogP) is 3.09. The summed E-state index contributed by atoms with van der Waals surface area (Å²) < 4.78 is 11.7. The molecule has 0 aromatic carbocycles. The van der Waals surface area contributed by atoms with E-state index in [4.69, 9.17) is 8.94 Å². The molecule has 0 radical (unpaired) electrons. The van der Waals surface area contributed by atoms with Crippen molar-refractivity contribution in [2.45, 2.75) is 12.5 Å². The van der Waals surface area contributed by atoms with E-state index in [2.05, 4.69) is 36.0 Å². The van der Waals surface area contributed by atoms with Crippen LogP contribution in [0.4, 0.5) is 0 Å². The van der Waals surface area contributed by atoms with E-state index in [0.29, 0.717) is 11.7 Å². The summed E-state index contributed by atoms with van der Waals surface area (Å²) in [6.45, 7) is 2.59. The van der Waals surface area contributed by atoms with Crippen LogP contribution in [-0.2, 0) is 6.54 Å². The molecule has 0 unspecified atom stereocenters. The number of furan rings is 1. The molecule has 0 aliphatic carbocycles. The molecule has 3 aromatic rings. The molecule has 0 spiro atoms. The van der Waals surface area contributed by atoms with E-state index in [0.717, 1.165) is 35.6 Å². The molecule has 6 nitrogen and oxygen atoms in total. The number of nitrogens with zero attached hydrogens (tertiary/aromatic N) is 4. The maximum Gasteiger partial charge on any atom is 0.232 e. The fraction of sp³-hybridized carbons (Fsp3) is 0.267. The minimum Gasteiger partial charge on any atom is -0.453 e. The van der Waals surface area contributed by atoms with Crippen LogP contribution in [0.5, 0.6) is 0 Å². The number of halogens is 1. The van der Waals surface area contributed by atoms with Gasteiger partial charge < -0.3 is 8.94 Å². The summed E-state index contributed by atoms with van der Waals surface area (Å²) in [6.07, 6.45) is 3.46. The highest BCUT2D eigenvalue weighted by atomic mass is 79.9. The molecule has 0 bridgehead atoms. The van der Waals surface area contributed by atoms with Gasteiger partial charge in [0.15, 0.2) is 4.67 Å². The molecule has 7 heteroatoms. The third kappa shape index (κ3) is 2.69. The monoisotopic (exact) mass is 360 g/mol. The first-order chi connectivity index (χ1) is 10.8. The number of hydrogen-bond acceptors (Lipinski definition) is 6. The topological polar surface area (TPSA) is 68.2 Å². The van der Waals surface area contributed by atoms with Crippen LogP contribution < -0.4 is 0 Å². The lowest BCUT2D eigenvalue weighted by molar-refractivity contribution is 0.108. The minimum atomic E-state index is 0.288. The fourth-order valence-corrected chi connectivity index (χ4v) is 2.87. The Morgan fingerprint density at radius 3 is 2.91 bits per heavy atom. The summed E-state index contributed by atoms with van der Waals surface area (Å²) >= 11 is 3.31. The Hall–Kier alpha value is -1.99. The molecule has 112 valence electrons. The van der Waals surface area contributed by atoms with E-state index in [1.807, 2.05) is 24.3 Å². The first-order valence-corrected chi connectivity index (χ1v) is 7.78. The number of aromatic nitrogens is 3. The van der Waals surface area contributed by atoms with Crippen LogP contribution in [0, 0.1) is 0 Å². The molecule has 0 N–H and O–H groups in total. The van der Waals surface area contributed by atoms with Crippen LogP contribution in [0.3, 0.4) is 0 Å². The van der Waals surface area contributed by atoms with Gasteiger partial charge in [0.05, 0.1) is 12.5 Å². The molecule has 0 saturated carbocycles. The molecule has 4 heterocycles. The molecule has 3 aromatic heterocycles. The van der Waals surface area contributed by atoms with Crippen molar-refractivity contribution in [1.82, 2.24) is 20.0 Å². The standard InChI is InChI=1S/C15H13BrN4O2/c16-13-4-3-12(21-13)9-20-7-11(8-20)15-18-14(19-22-15)10-2-1-5-17-6-10/h1-6,11H,7-9H2. The van der Waals surface area contributed by atoms with Gasteiger partial charge in [0.1, 0.15) is 5.76 Å². The molecule has 1 aliphatic heterocycles. The molecular weight excluding hydrogens is 348 g/mol. The zero-order valence-corrected chi connectivity index (χ0v) is 13.2. The van der Waals surface area contributed by atoms with Crippen molar-refractivity contribution in [3.63, 3.8) is 0 Å². The summed E-state index contributed by atoms with van der Waals surface area (Å²) in [4.78, 5) is 10.8. The minimum absolute atomic E-state index is 0.288. The highest BCUT2D eigenvalue weighted by Crippen LogP contribution is 2.29. The Labute approximate surface area is 135 Å². The molecular formula is C15H13BrN4O2. The summed E-state index contributed by atoms with van der Waals surface area (Å²) in [5, 5.41) is 4.03. The molecule has 0 amide bonds. The molecule has 1 aliphatic rings. The third-order valence-corrected chi connectivity index (χ3v) is 4.10. The summed E-state index contributed by atoms with van der Waals surface area (Å²) in [5.41, 5.74) is 0.870. The van der Waals surface area contributed by atoms with Gasteiger partial charge >= 0.3 is 0 Å². The van der Waals surface area contributed by atoms with Gasteiger partial charge in [-0.05, 0) is 40.2 Å². The highest BCUT2D eigenvalue weighted by molar-refractivity contribution is 9.10. The van der Waals surface area contributed by atoms with Crippen LogP contribution in [0.2, 0.25) is 0 Å². The number of rotatable bonds is 4. The fourth-order valence-electron chi connectivity index (χ4n) is 2.53. The van der Waals surface area contributed by atoms with E-state index >= 15 is 0 Å². The highest BCUT2D eigenvalue weighted by Gasteiger charge is 2.33. The van der Waals surface area contributed by atoms with Gasteiger partial charge in [-0.15, -0.1) is 0 Å². The second-order valence-electron chi connectivity index (χ2n) is 5.29. The van der Waals surface area contributed by atoms with Crippen molar-refractivity contribution in [2.75, 3.05) is 13.1 Å². The Kier molecular flexibility index (Phi) is 3.51. The average molecular weight is 361 g/mol. The molecule has 4 rings (SSSR count). The van der Waals surface area contributed by atoms with Crippen molar-refractivity contribution in [2.24, 2.45) is 0 Å². The van der Waals surface area contributed by atoms with E-state index in [-0.39, 0.29) is 5.92 Å². The summed E-state index contributed by atoms with van der Waals surface area (Å²) in [6, 6.07) is 7.66. The lowest BCUT2D eigenvalue weighted by Gasteiger charge is -2.36. The predicted molar refractivity (Wildman–Crippen MR) is 82.0 cm³/mol. The van der Waals surface area contributed by atoms with E-state index < -0.39 is 0 Å². The van der Waals surface area contributed by atoms with Crippen molar-refractivity contribution < 1.29 is 8.94 Å². The lowest BCUT2D eigenvalue weighted by Crippen LogP contribution is -2.44. The lowest BCUT2D eigenvalue weighted by atomic mass is 10.00.